The lowest BCUT2D eigenvalue weighted by atomic mass is 10.0. The van der Waals surface area contributed by atoms with Gasteiger partial charge in [-0.2, -0.15) is 0 Å². The molecule has 1 N–H and O–H groups in total. The minimum absolute atomic E-state index is 0.216. The van der Waals surface area contributed by atoms with E-state index in [1.165, 1.54) is 0 Å². The third kappa shape index (κ3) is 3.88. The molecule has 0 radical (unpaired) electrons. The SMILES string of the molecule is CC(C)c1ccccc1NC(=O)c1cnc(N(C)c2ccccc2)nc1. The van der Waals surface area contributed by atoms with Crippen LogP contribution in [0.15, 0.2) is 67.0 Å². The van der Waals surface area contributed by atoms with E-state index in [4.69, 9.17) is 0 Å². The van der Waals surface area contributed by atoms with Crippen molar-refractivity contribution in [3.63, 3.8) is 0 Å². The van der Waals surface area contributed by atoms with Crippen LogP contribution in [0, 0.1) is 0 Å². The number of amides is 1. The third-order valence-corrected chi connectivity index (χ3v) is 4.17. The van der Waals surface area contributed by atoms with Crippen LogP contribution in [-0.4, -0.2) is 22.9 Å². The molecular formula is C21H22N4O. The maximum absolute atomic E-state index is 12.5. The second-order valence-electron chi connectivity index (χ2n) is 6.36. The summed E-state index contributed by atoms with van der Waals surface area (Å²) < 4.78 is 0. The van der Waals surface area contributed by atoms with Crippen LogP contribution in [0.1, 0.15) is 35.7 Å². The average Bonchev–Trinajstić information content (AvgIpc) is 2.68. The first kappa shape index (κ1) is 17.6. The summed E-state index contributed by atoms with van der Waals surface area (Å²) in [5.74, 6) is 0.645. The summed E-state index contributed by atoms with van der Waals surface area (Å²) in [4.78, 5) is 23.1. The van der Waals surface area contributed by atoms with Gasteiger partial charge in [-0.15, -0.1) is 0 Å². The quantitative estimate of drug-likeness (QED) is 0.732. The van der Waals surface area contributed by atoms with Gasteiger partial charge in [0.1, 0.15) is 0 Å². The fourth-order valence-electron chi connectivity index (χ4n) is 2.69. The van der Waals surface area contributed by atoms with Gasteiger partial charge in [0.15, 0.2) is 0 Å². The van der Waals surface area contributed by atoms with Crippen molar-refractivity contribution < 1.29 is 4.79 Å². The first-order valence-corrected chi connectivity index (χ1v) is 8.57. The largest absolute Gasteiger partial charge is 0.322 e. The lowest BCUT2D eigenvalue weighted by Crippen LogP contribution is -2.17. The summed E-state index contributed by atoms with van der Waals surface area (Å²) in [6.07, 6.45) is 3.10. The standard InChI is InChI=1S/C21H22N4O/c1-15(2)18-11-7-8-12-19(18)24-20(26)16-13-22-21(23-14-16)25(3)17-9-5-4-6-10-17/h4-15H,1-3H3,(H,24,26). The van der Waals surface area contributed by atoms with Crippen LogP contribution < -0.4 is 10.2 Å². The van der Waals surface area contributed by atoms with Gasteiger partial charge in [0, 0.05) is 30.8 Å². The van der Waals surface area contributed by atoms with Crippen molar-refractivity contribution in [2.75, 3.05) is 17.3 Å². The first-order chi connectivity index (χ1) is 12.6. The molecule has 1 aromatic heterocycles. The third-order valence-electron chi connectivity index (χ3n) is 4.17. The molecule has 0 aliphatic heterocycles. The fourth-order valence-corrected chi connectivity index (χ4v) is 2.69. The molecule has 0 unspecified atom stereocenters. The highest BCUT2D eigenvalue weighted by atomic mass is 16.1. The van der Waals surface area contributed by atoms with Crippen LogP contribution in [0.25, 0.3) is 0 Å². The Balaban J connectivity index is 1.76. The summed E-state index contributed by atoms with van der Waals surface area (Å²) in [7, 11) is 1.89. The van der Waals surface area contributed by atoms with Crippen molar-refractivity contribution in [2.24, 2.45) is 0 Å². The molecule has 26 heavy (non-hydrogen) atoms. The van der Waals surface area contributed by atoms with Crippen molar-refractivity contribution in [2.45, 2.75) is 19.8 Å². The predicted molar refractivity (Wildman–Crippen MR) is 105 cm³/mol. The van der Waals surface area contributed by atoms with E-state index in [0.717, 1.165) is 16.9 Å². The Morgan fingerprint density at radius 3 is 2.23 bits per heavy atom. The number of aromatic nitrogens is 2. The van der Waals surface area contributed by atoms with Crippen molar-refractivity contribution in [3.8, 4) is 0 Å². The van der Waals surface area contributed by atoms with E-state index in [9.17, 15) is 4.79 Å². The van der Waals surface area contributed by atoms with E-state index >= 15 is 0 Å². The molecule has 3 rings (SSSR count). The number of carbonyl (C=O) groups is 1. The highest BCUT2D eigenvalue weighted by molar-refractivity contribution is 6.04. The number of nitrogens with zero attached hydrogens (tertiary/aromatic N) is 3. The van der Waals surface area contributed by atoms with Gasteiger partial charge in [0.05, 0.1) is 5.56 Å². The molecule has 5 nitrogen and oxygen atoms in total. The van der Waals surface area contributed by atoms with Crippen molar-refractivity contribution >= 4 is 23.2 Å². The average molecular weight is 346 g/mol. The Morgan fingerprint density at radius 2 is 1.58 bits per heavy atom. The van der Waals surface area contributed by atoms with Crippen molar-refractivity contribution in [1.29, 1.82) is 0 Å². The number of para-hydroxylation sites is 2. The van der Waals surface area contributed by atoms with Crippen LogP contribution in [0.2, 0.25) is 0 Å². The van der Waals surface area contributed by atoms with Crippen molar-refractivity contribution in [1.82, 2.24) is 9.97 Å². The van der Waals surface area contributed by atoms with E-state index < -0.39 is 0 Å². The molecule has 132 valence electrons. The minimum atomic E-state index is -0.216. The Kier molecular flexibility index (Phi) is 5.27. The number of benzene rings is 2. The molecule has 0 atom stereocenters. The van der Waals surface area contributed by atoms with E-state index in [1.54, 1.807) is 12.4 Å². The molecule has 1 amide bonds. The summed E-state index contributed by atoms with van der Waals surface area (Å²) in [6.45, 7) is 4.20. The zero-order chi connectivity index (χ0) is 18.5. The second kappa shape index (κ2) is 7.78. The zero-order valence-corrected chi connectivity index (χ0v) is 15.2. The maximum Gasteiger partial charge on any atom is 0.258 e. The summed E-state index contributed by atoms with van der Waals surface area (Å²) in [6, 6.07) is 17.7. The van der Waals surface area contributed by atoms with Crippen LogP contribution in [-0.2, 0) is 0 Å². The van der Waals surface area contributed by atoms with Crippen LogP contribution in [0.4, 0.5) is 17.3 Å². The molecule has 0 saturated carbocycles. The Bertz CT molecular complexity index is 876. The Hall–Kier alpha value is -3.21. The zero-order valence-electron chi connectivity index (χ0n) is 15.2. The van der Waals surface area contributed by atoms with Gasteiger partial charge in [-0.1, -0.05) is 50.2 Å². The van der Waals surface area contributed by atoms with E-state index in [2.05, 4.69) is 29.1 Å². The van der Waals surface area contributed by atoms with Gasteiger partial charge >= 0.3 is 0 Å². The maximum atomic E-state index is 12.5. The van der Waals surface area contributed by atoms with E-state index in [1.807, 2.05) is 66.5 Å². The Morgan fingerprint density at radius 1 is 0.962 bits per heavy atom. The lowest BCUT2D eigenvalue weighted by molar-refractivity contribution is 0.102. The molecule has 3 aromatic rings. The van der Waals surface area contributed by atoms with E-state index in [-0.39, 0.29) is 5.91 Å². The molecule has 0 spiro atoms. The van der Waals surface area contributed by atoms with Gasteiger partial charge in [0.25, 0.3) is 5.91 Å². The predicted octanol–water partition coefficient (Wildman–Crippen LogP) is 4.62. The van der Waals surface area contributed by atoms with Crippen LogP contribution in [0.3, 0.4) is 0 Å². The number of hydrogen-bond donors (Lipinski definition) is 1. The van der Waals surface area contributed by atoms with Crippen molar-refractivity contribution in [3.05, 3.63) is 78.1 Å². The second-order valence-corrected chi connectivity index (χ2v) is 6.36. The van der Waals surface area contributed by atoms with Gasteiger partial charge < -0.3 is 10.2 Å². The molecule has 5 heteroatoms. The molecule has 2 aromatic carbocycles. The van der Waals surface area contributed by atoms with Gasteiger partial charge in [-0.25, -0.2) is 9.97 Å². The fraction of sp³-hybridized carbons (Fsp3) is 0.190. The van der Waals surface area contributed by atoms with Gasteiger partial charge in [0.2, 0.25) is 5.95 Å². The smallest absolute Gasteiger partial charge is 0.258 e. The molecule has 1 heterocycles. The highest BCUT2D eigenvalue weighted by Crippen LogP contribution is 2.24. The number of anilines is 3. The number of rotatable bonds is 5. The molecular weight excluding hydrogens is 324 g/mol. The topological polar surface area (TPSA) is 58.1 Å². The van der Waals surface area contributed by atoms with Crippen LogP contribution in [0.5, 0.6) is 0 Å². The normalized spacial score (nSPS) is 10.6. The molecule has 0 bridgehead atoms. The molecule has 0 saturated heterocycles. The summed E-state index contributed by atoms with van der Waals surface area (Å²) in [5.41, 5.74) is 3.32. The highest BCUT2D eigenvalue weighted by Gasteiger charge is 2.13. The summed E-state index contributed by atoms with van der Waals surface area (Å²) >= 11 is 0. The number of carbonyl (C=O) groups excluding carboxylic acids is 1. The van der Waals surface area contributed by atoms with Crippen LogP contribution >= 0.6 is 0 Å². The first-order valence-electron chi connectivity index (χ1n) is 8.57. The minimum Gasteiger partial charge on any atom is -0.322 e. The molecule has 0 fully saturated rings. The summed E-state index contributed by atoms with van der Waals surface area (Å²) in [5, 5.41) is 2.96. The monoisotopic (exact) mass is 346 g/mol. The Labute approximate surface area is 153 Å². The molecule has 0 aliphatic rings. The lowest BCUT2D eigenvalue weighted by Gasteiger charge is -2.17. The number of hydrogen-bond acceptors (Lipinski definition) is 4. The van der Waals surface area contributed by atoms with E-state index in [0.29, 0.717) is 17.4 Å². The molecule has 0 aliphatic carbocycles. The van der Waals surface area contributed by atoms with Gasteiger partial charge in [-0.05, 0) is 29.7 Å². The van der Waals surface area contributed by atoms with Gasteiger partial charge in [-0.3, -0.25) is 4.79 Å². The number of nitrogens with one attached hydrogen (secondary N) is 1.